The molecule has 0 fully saturated rings. The first-order valence-corrected chi connectivity index (χ1v) is 9.28. The average Bonchev–Trinajstić information content (AvgIpc) is 2.74. The summed E-state index contributed by atoms with van der Waals surface area (Å²) in [5.74, 6) is 0.558. The molecule has 0 bridgehead atoms. The molecule has 2 nitrogen and oxygen atoms in total. The minimum atomic E-state index is 0. The van der Waals surface area contributed by atoms with Gasteiger partial charge in [0.1, 0.15) is 0 Å². The van der Waals surface area contributed by atoms with E-state index < -0.39 is 0 Å². The number of hydrogen-bond acceptors (Lipinski definition) is 2. The van der Waals surface area contributed by atoms with Crippen LogP contribution in [0.4, 0.5) is 0 Å². The Labute approximate surface area is 170 Å². The second-order valence-corrected chi connectivity index (χ2v) is 7.63. The standard InChI is InChI=1S/C22H28N2.2ClH/c1-23(2)13-6-14-24-15-19-9-5-8-18-12-11-17-7-3-4-10-20(17)21(16-24)22(18)19;;/h3-5,7-10,21H,6,11-16H2,1-2H3;2*1H. The molecular weight excluding hydrogens is 363 g/mol. The first-order chi connectivity index (χ1) is 11.7. The van der Waals surface area contributed by atoms with E-state index in [-0.39, 0.29) is 24.8 Å². The molecule has 4 rings (SSSR count). The van der Waals surface area contributed by atoms with Crippen molar-refractivity contribution in [2.45, 2.75) is 31.7 Å². The summed E-state index contributed by atoms with van der Waals surface area (Å²) in [6, 6.07) is 16.1. The first kappa shape index (κ1) is 21.2. The summed E-state index contributed by atoms with van der Waals surface area (Å²) >= 11 is 0. The van der Waals surface area contributed by atoms with Gasteiger partial charge in [0.2, 0.25) is 0 Å². The topological polar surface area (TPSA) is 6.48 Å². The minimum Gasteiger partial charge on any atom is -0.309 e. The SMILES string of the molecule is CN(C)CCCN1Cc2cccc3c2C(C1)c1ccccc1CC3.Cl.Cl. The molecule has 2 aromatic rings. The van der Waals surface area contributed by atoms with E-state index in [1.807, 2.05) is 0 Å². The van der Waals surface area contributed by atoms with E-state index in [1.54, 1.807) is 27.8 Å². The highest BCUT2D eigenvalue weighted by Gasteiger charge is 2.31. The molecule has 2 aliphatic rings. The molecule has 0 N–H and O–H groups in total. The number of rotatable bonds is 4. The molecule has 0 radical (unpaired) electrons. The number of halogens is 2. The number of hydrogen-bond donors (Lipinski definition) is 0. The lowest BCUT2D eigenvalue weighted by Crippen LogP contribution is -2.36. The Kier molecular flexibility index (Phi) is 7.54. The van der Waals surface area contributed by atoms with Crippen molar-refractivity contribution in [1.29, 1.82) is 0 Å². The van der Waals surface area contributed by atoms with Gasteiger partial charge in [-0.25, -0.2) is 0 Å². The van der Waals surface area contributed by atoms with Crippen LogP contribution in [0.2, 0.25) is 0 Å². The van der Waals surface area contributed by atoms with E-state index in [0.717, 1.165) is 6.54 Å². The van der Waals surface area contributed by atoms with Crippen LogP contribution in [0.3, 0.4) is 0 Å². The Hall–Kier alpha value is -1.06. The molecule has 26 heavy (non-hydrogen) atoms. The monoisotopic (exact) mass is 392 g/mol. The summed E-state index contributed by atoms with van der Waals surface area (Å²) in [4.78, 5) is 4.96. The van der Waals surface area contributed by atoms with Gasteiger partial charge in [0, 0.05) is 19.0 Å². The fourth-order valence-electron chi connectivity index (χ4n) is 4.53. The Balaban J connectivity index is 0.00000121. The third kappa shape index (κ3) is 4.26. The lowest BCUT2D eigenvalue weighted by Gasteiger charge is -2.36. The largest absolute Gasteiger partial charge is 0.309 e. The Morgan fingerprint density at radius 1 is 0.923 bits per heavy atom. The van der Waals surface area contributed by atoms with Crippen LogP contribution in [0.25, 0.3) is 0 Å². The summed E-state index contributed by atoms with van der Waals surface area (Å²) in [5.41, 5.74) is 7.92. The zero-order chi connectivity index (χ0) is 16.5. The predicted molar refractivity (Wildman–Crippen MR) is 115 cm³/mol. The molecule has 0 saturated heterocycles. The quantitative estimate of drug-likeness (QED) is 0.753. The van der Waals surface area contributed by atoms with E-state index in [1.165, 1.54) is 38.9 Å². The van der Waals surface area contributed by atoms with Crippen LogP contribution >= 0.6 is 24.8 Å². The summed E-state index contributed by atoms with van der Waals surface area (Å²) < 4.78 is 0. The smallest absolute Gasteiger partial charge is 0.0237 e. The van der Waals surface area contributed by atoms with E-state index in [0.29, 0.717) is 5.92 Å². The van der Waals surface area contributed by atoms with E-state index >= 15 is 0 Å². The van der Waals surface area contributed by atoms with Crippen molar-refractivity contribution in [3.05, 3.63) is 70.3 Å². The van der Waals surface area contributed by atoms with E-state index in [4.69, 9.17) is 0 Å². The van der Waals surface area contributed by atoms with Crippen LogP contribution in [0.1, 0.15) is 40.2 Å². The van der Waals surface area contributed by atoms with E-state index in [9.17, 15) is 0 Å². The molecule has 0 aromatic heterocycles. The molecule has 1 unspecified atom stereocenters. The van der Waals surface area contributed by atoms with Gasteiger partial charge >= 0.3 is 0 Å². The third-order valence-electron chi connectivity index (χ3n) is 5.64. The molecule has 0 saturated carbocycles. The van der Waals surface area contributed by atoms with Gasteiger partial charge in [-0.2, -0.15) is 0 Å². The molecule has 142 valence electrons. The van der Waals surface area contributed by atoms with Crippen molar-refractivity contribution >= 4 is 24.8 Å². The summed E-state index contributed by atoms with van der Waals surface area (Å²) in [7, 11) is 4.33. The van der Waals surface area contributed by atoms with Crippen LogP contribution in [-0.2, 0) is 19.4 Å². The summed E-state index contributed by atoms with van der Waals surface area (Å²) in [6.45, 7) is 4.66. The third-order valence-corrected chi connectivity index (χ3v) is 5.64. The van der Waals surface area contributed by atoms with E-state index in [2.05, 4.69) is 66.4 Å². The van der Waals surface area contributed by atoms with Gasteiger partial charge in [0.25, 0.3) is 0 Å². The van der Waals surface area contributed by atoms with Crippen LogP contribution in [-0.4, -0.2) is 43.5 Å². The van der Waals surface area contributed by atoms with Crippen molar-refractivity contribution in [2.75, 3.05) is 33.7 Å². The lowest BCUT2D eigenvalue weighted by atomic mass is 9.82. The molecule has 1 aliphatic carbocycles. The molecule has 0 amide bonds. The molecular formula is C22H30Cl2N2. The zero-order valence-electron chi connectivity index (χ0n) is 15.8. The Morgan fingerprint density at radius 2 is 1.62 bits per heavy atom. The Bertz CT molecular complexity index is 730. The summed E-state index contributed by atoms with van der Waals surface area (Å²) in [5, 5.41) is 0. The van der Waals surface area contributed by atoms with Gasteiger partial charge in [0.15, 0.2) is 0 Å². The number of aryl methyl sites for hydroxylation is 2. The molecule has 4 heteroatoms. The van der Waals surface area contributed by atoms with Crippen LogP contribution in [0.15, 0.2) is 42.5 Å². The first-order valence-electron chi connectivity index (χ1n) is 9.28. The fraction of sp³-hybridized carbons (Fsp3) is 0.455. The number of fused-ring (bicyclic) bond motifs is 2. The second-order valence-electron chi connectivity index (χ2n) is 7.63. The maximum Gasteiger partial charge on any atom is 0.0237 e. The van der Waals surface area contributed by atoms with Gasteiger partial charge in [-0.15, -0.1) is 24.8 Å². The van der Waals surface area contributed by atoms with Crippen molar-refractivity contribution in [2.24, 2.45) is 0 Å². The highest BCUT2D eigenvalue weighted by molar-refractivity contribution is 5.85. The molecule has 1 heterocycles. The Morgan fingerprint density at radius 3 is 2.42 bits per heavy atom. The fourth-order valence-corrected chi connectivity index (χ4v) is 4.53. The minimum absolute atomic E-state index is 0. The molecule has 1 atom stereocenters. The van der Waals surface area contributed by atoms with Crippen molar-refractivity contribution in [1.82, 2.24) is 9.80 Å². The maximum absolute atomic E-state index is 2.67. The normalized spacial score (nSPS) is 18.2. The maximum atomic E-state index is 2.67. The highest BCUT2D eigenvalue weighted by atomic mass is 35.5. The lowest BCUT2D eigenvalue weighted by molar-refractivity contribution is 0.226. The van der Waals surface area contributed by atoms with Crippen LogP contribution < -0.4 is 0 Å². The zero-order valence-corrected chi connectivity index (χ0v) is 17.4. The predicted octanol–water partition coefficient (Wildman–Crippen LogP) is 4.53. The van der Waals surface area contributed by atoms with Gasteiger partial charge in [-0.05, 0) is 74.3 Å². The van der Waals surface area contributed by atoms with Crippen molar-refractivity contribution in [3.8, 4) is 0 Å². The van der Waals surface area contributed by atoms with Gasteiger partial charge < -0.3 is 4.90 Å². The molecule has 2 aromatic carbocycles. The van der Waals surface area contributed by atoms with Crippen molar-refractivity contribution < 1.29 is 0 Å². The molecule has 0 spiro atoms. The number of nitrogens with zero attached hydrogens (tertiary/aromatic N) is 2. The average molecular weight is 393 g/mol. The van der Waals surface area contributed by atoms with Crippen LogP contribution in [0, 0.1) is 0 Å². The second kappa shape index (κ2) is 9.23. The van der Waals surface area contributed by atoms with Gasteiger partial charge in [-0.1, -0.05) is 42.5 Å². The summed E-state index contributed by atoms with van der Waals surface area (Å²) in [6.07, 6.45) is 3.62. The molecule has 1 aliphatic heterocycles. The van der Waals surface area contributed by atoms with Crippen LogP contribution in [0.5, 0.6) is 0 Å². The number of benzene rings is 2. The highest BCUT2D eigenvalue weighted by Crippen LogP contribution is 2.40. The van der Waals surface area contributed by atoms with Gasteiger partial charge in [0.05, 0.1) is 0 Å². The van der Waals surface area contributed by atoms with Gasteiger partial charge in [-0.3, -0.25) is 4.90 Å². The van der Waals surface area contributed by atoms with Crippen molar-refractivity contribution in [3.63, 3.8) is 0 Å².